The van der Waals surface area contributed by atoms with Crippen LogP contribution in [0.25, 0.3) is 0 Å². The van der Waals surface area contributed by atoms with Crippen LogP contribution in [-0.4, -0.2) is 41.2 Å². The molecule has 64 valence electrons. The molecule has 1 heterocycles. The van der Waals surface area contributed by atoms with Crippen molar-refractivity contribution >= 4 is 6.21 Å². The summed E-state index contributed by atoms with van der Waals surface area (Å²) >= 11 is 0. The fourth-order valence-electron chi connectivity index (χ4n) is 1.44. The van der Waals surface area contributed by atoms with Crippen LogP contribution in [0.3, 0.4) is 0 Å². The number of oxime groups is 1. The highest BCUT2D eigenvalue weighted by molar-refractivity contribution is 5.60. The van der Waals surface area contributed by atoms with Crippen LogP contribution in [0.5, 0.6) is 0 Å². The lowest BCUT2D eigenvalue weighted by Gasteiger charge is -2.28. The van der Waals surface area contributed by atoms with Gasteiger partial charge in [0.15, 0.2) is 0 Å². The van der Waals surface area contributed by atoms with Crippen molar-refractivity contribution in [2.24, 2.45) is 11.1 Å². The van der Waals surface area contributed by atoms with Gasteiger partial charge in [0.1, 0.15) is 0 Å². The molecule has 0 aromatic carbocycles. The molecule has 1 aliphatic heterocycles. The number of rotatable bonds is 2. The van der Waals surface area contributed by atoms with E-state index < -0.39 is 0 Å². The first kappa shape index (κ1) is 8.49. The van der Waals surface area contributed by atoms with Gasteiger partial charge < -0.3 is 10.3 Å². The summed E-state index contributed by atoms with van der Waals surface area (Å²) in [6.45, 7) is 1.86. The molecule has 0 radical (unpaired) electrons. The Labute approximate surface area is 66.1 Å². The van der Waals surface area contributed by atoms with Crippen LogP contribution < -0.4 is 0 Å². The van der Waals surface area contributed by atoms with Crippen LogP contribution in [0.15, 0.2) is 5.16 Å². The van der Waals surface area contributed by atoms with Crippen molar-refractivity contribution in [2.45, 2.75) is 12.8 Å². The van der Waals surface area contributed by atoms with Crippen LogP contribution in [-0.2, 0) is 0 Å². The standard InChI is InChI=1S/C7H14N2O2/c10-6-9-3-1-2-7(5-9)4-8-11/h4,7,10-11H,1-3,5-6H2. The molecule has 0 amide bonds. The predicted octanol–water partition coefficient (Wildman–Crippen LogP) is 0.108. The topological polar surface area (TPSA) is 56.1 Å². The van der Waals surface area contributed by atoms with Crippen LogP contribution >= 0.6 is 0 Å². The maximum Gasteiger partial charge on any atom is 0.0956 e. The molecule has 1 saturated heterocycles. The van der Waals surface area contributed by atoms with E-state index in [-0.39, 0.29) is 6.73 Å². The molecular weight excluding hydrogens is 144 g/mol. The lowest BCUT2D eigenvalue weighted by molar-refractivity contribution is 0.0795. The van der Waals surface area contributed by atoms with E-state index in [2.05, 4.69) is 5.16 Å². The van der Waals surface area contributed by atoms with E-state index in [1.807, 2.05) is 4.90 Å². The summed E-state index contributed by atoms with van der Waals surface area (Å²) in [7, 11) is 0. The van der Waals surface area contributed by atoms with Crippen LogP contribution in [0, 0.1) is 5.92 Å². The SMILES string of the molecule is OCN1CCCC(C=NO)C1. The number of hydrogen-bond acceptors (Lipinski definition) is 4. The van der Waals surface area contributed by atoms with Gasteiger partial charge in [-0.25, -0.2) is 0 Å². The second-order valence-electron chi connectivity index (χ2n) is 2.89. The highest BCUT2D eigenvalue weighted by Crippen LogP contribution is 2.13. The Hall–Kier alpha value is -0.610. The Balaban J connectivity index is 2.33. The molecule has 0 saturated carbocycles. The third-order valence-electron chi connectivity index (χ3n) is 2.02. The first-order valence-corrected chi connectivity index (χ1v) is 3.87. The summed E-state index contributed by atoms with van der Waals surface area (Å²) in [5.74, 6) is 0.306. The molecule has 1 atom stereocenters. The van der Waals surface area contributed by atoms with Gasteiger partial charge in [-0.1, -0.05) is 0 Å². The molecular formula is C7H14N2O2. The number of piperidine rings is 1. The lowest BCUT2D eigenvalue weighted by Crippen LogP contribution is -2.36. The van der Waals surface area contributed by atoms with Crippen LogP contribution in [0.2, 0.25) is 0 Å². The van der Waals surface area contributed by atoms with Crippen LogP contribution in [0.4, 0.5) is 0 Å². The van der Waals surface area contributed by atoms with E-state index in [1.165, 1.54) is 0 Å². The Morgan fingerprint density at radius 1 is 1.64 bits per heavy atom. The van der Waals surface area contributed by atoms with Crippen molar-refractivity contribution in [1.29, 1.82) is 0 Å². The van der Waals surface area contributed by atoms with Crippen molar-refractivity contribution in [3.63, 3.8) is 0 Å². The van der Waals surface area contributed by atoms with Gasteiger partial charge in [-0.3, -0.25) is 4.90 Å². The van der Waals surface area contributed by atoms with E-state index >= 15 is 0 Å². The Bertz CT molecular complexity index is 138. The molecule has 0 spiro atoms. The minimum Gasteiger partial charge on any atom is -0.411 e. The van der Waals surface area contributed by atoms with Crippen molar-refractivity contribution in [1.82, 2.24) is 4.90 Å². The lowest BCUT2D eigenvalue weighted by atomic mass is 10.00. The van der Waals surface area contributed by atoms with E-state index in [0.717, 1.165) is 25.9 Å². The first-order valence-electron chi connectivity index (χ1n) is 3.87. The van der Waals surface area contributed by atoms with Crippen molar-refractivity contribution in [3.05, 3.63) is 0 Å². The molecule has 0 bridgehead atoms. The number of likely N-dealkylation sites (tertiary alicyclic amines) is 1. The largest absolute Gasteiger partial charge is 0.411 e. The van der Waals surface area contributed by atoms with Gasteiger partial charge in [0.25, 0.3) is 0 Å². The minimum atomic E-state index is 0.107. The highest BCUT2D eigenvalue weighted by atomic mass is 16.4. The predicted molar refractivity (Wildman–Crippen MR) is 41.7 cm³/mol. The first-order chi connectivity index (χ1) is 5.36. The third-order valence-corrected chi connectivity index (χ3v) is 2.02. The molecule has 11 heavy (non-hydrogen) atoms. The molecule has 4 nitrogen and oxygen atoms in total. The summed E-state index contributed by atoms with van der Waals surface area (Å²) in [4.78, 5) is 1.94. The van der Waals surface area contributed by atoms with Crippen molar-refractivity contribution < 1.29 is 10.3 Å². The van der Waals surface area contributed by atoms with Gasteiger partial charge in [-0.2, -0.15) is 0 Å². The number of aliphatic hydroxyl groups is 1. The van der Waals surface area contributed by atoms with Gasteiger partial charge >= 0.3 is 0 Å². The fraction of sp³-hybridized carbons (Fsp3) is 0.857. The second kappa shape index (κ2) is 4.31. The summed E-state index contributed by atoms with van der Waals surface area (Å²) in [6, 6.07) is 0. The second-order valence-corrected chi connectivity index (χ2v) is 2.89. The van der Waals surface area contributed by atoms with Crippen LogP contribution in [0.1, 0.15) is 12.8 Å². The summed E-state index contributed by atoms with van der Waals surface area (Å²) in [5, 5.41) is 20.1. The summed E-state index contributed by atoms with van der Waals surface area (Å²) in [6.07, 6.45) is 3.67. The van der Waals surface area contributed by atoms with E-state index in [1.54, 1.807) is 6.21 Å². The summed E-state index contributed by atoms with van der Waals surface area (Å²) < 4.78 is 0. The van der Waals surface area contributed by atoms with E-state index in [4.69, 9.17) is 10.3 Å². The molecule has 2 N–H and O–H groups in total. The number of nitrogens with zero attached hydrogens (tertiary/aromatic N) is 2. The smallest absolute Gasteiger partial charge is 0.0956 e. The molecule has 1 fully saturated rings. The number of hydrogen-bond donors (Lipinski definition) is 2. The normalized spacial score (nSPS) is 27.9. The average Bonchev–Trinajstić information content (AvgIpc) is 2.06. The van der Waals surface area contributed by atoms with Gasteiger partial charge in [0, 0.05) is 25.2 Å². The molecule has 1 rings (SSSR count). The van der Waals surface area contributed by atoms with Gasteiger partial charge in [-0.15, -0.1) is 5.16 Å². The zero-order valence-corrected chi connectivity index (χ0v) is 6.48. The summed E-state index contributed by atoms with van der Waals surface area (Å²) in [5.41, 5.74) is 0. The zero-order chi connectivity index (χ0) is 8.10. The highest BCUT2D eigenvalue weighted by Gasteiger charge is 2.17. The fourth-order valence-corrected chi connectivity index (χ4v) is 1.44. The molecule has 0 aromatic rings. The molecule has 4 heteroatoms. The Morgan fingerprint density at radius 3 is 3.09 bits per heavy atom. The van der Waals surface area contributed by atoms with Gasteiger partial charge in [-0.05, 0) is 12.8 Å². The Morgan fingerprint density at radius 2 is 2.45 bits per heavy atom. The maximum absolute atomic E-state index is 8.80. The molecule has 1 aliphatic rings. The molecule has 0 aromatic heterocycles. The Kier molecular flexibility index (Phi) is 3.32. The monoisotopic (exact) mass is 158 g/mol. The van der Waals surface area contributed by atoms with E-state index in [0.29, 0.717) is 5.92 Å². The zero-order valence-electron chi connectivity index (χ0n) is 6.48. The quantitative estimate of drug-likeness (QED) is 0.340. The average molecular weight is 158 g/mol. The minimum absolute atomic E-state index is 0.107. The molecule has 0 aliphatic carbocycles. The van der Waals surface area contributed by atoms with E-state index in [9.17, 15) is 0 Å². The third kappa shape index (κ3) is 2.48. The van der Waals surface area contributed by atoms with Gasteiger partial charge in [0.05, 0.1) is 6.73 Å². The number of aliphatic hydroxyl groups excluding tert-OH is 1. The maximum atomic E-state index is 8.80. The van der Waals surface area contributed by atoms with Crippen molar-refractivity contribution in [3.8, 4) is 0 Å². The molecule has 1 unspecified atom stereocenters. The van der Waals surface area contributed by atoms with Crippen molar-refractivity contribution in [2.75, 3.05) is 19.8 Å². The van der Waals surface area contributed by atoms with Gasteiger partial charge in [0.2, 0.25) is 0 Å².